The molecule has 1 N–H and O–H groups in total. The Hall–Kier alpha value is -1.73. The van der Waals surface area contributed by atoms with Gasteiger partial charge < -0.3 is 0 Å². The first-order valence-corrected chi connectivity index (χ1v) is 6.64. The lowest BCUT2D eigenvalue weighted by Gasteiger charge is -2.08. The summed E-state index contributed by atoms with van der Waals surface area (Å²) >= 11 is 0. The highest BCUT2D eigenvalue weighted by Crippen LogP contribution is 2.26. The van der Waals surface area contributed by atoms with E-state index in [-0.39, 0.29) is 11.4 Å². The van der Waals surface area contributed by atoms with Crippen LogP contribution < -0.4 is 4.72 Å². The number of nitrogens with zero attached hydrogens (tertiary/aromatic N) is 1. The molecule has 7 heteroatoms. The van der Waals surface area contributed by atoms with Crippen molar-refractivity contribution in [2.45, 2.75) is 18.7 Å². The van der Waals surface area contributed by atoms with E-state index < -0.39 is 20.6 Å². The Kier molecular flexibility index (Phi) is 4.20. The number of nitro benzene ring substituents is 1. The van der Waals surface area contributed by atoms with E-state index in [1.807, 2.05) is 0 Å². The summed E-state index contributed by atoms with van der Waals surface area (Å²) in [5, 5.41) is 10.9. The summed E-state index contributed by atoms with van der Waals surface area (Å²) in [5.41, 5.74) is 0.929. The second-order valence-electron chi connectivity index (χ2n) is 3.80. The van der Waals surface area contributed by atoms with Crippen LogP contribution in [0.2, 0.25) is 0 Å². The Morgan fingerprint density at radius 3 is 2.44 bits per heavy atom. The van der Waals surface area contributed by atoms with Crippen molar-refractivity contribution >= 4 is 15.7 Å². The molecule has 18 heavy (non-hydrogen) atoms. The van der Waals surface area contributed by atoms with E-state index in [1.165, 1.54) is 18.2 Å². The van der Waals surface area contributed by atoms with Gasteiger partial charge in [-0.05, 0) is 31.0 Å². The van der Waals surface area contributed by atoms with Crippen LogP contribution in [0.25, 0.3) is 0 Å². The predicted octanol–water partition coefficient (Wildman–Crippen LogP) is 1.68. The molecule has 0 saturated carbocycles. The van der Waals surface area contributed by atoms with Gasteiger partial charge in [-0.1, -0.05) is 6.08 Å². The molecular formula is C11H14N2O4S. The van der Waals surface area contributed by atoms with E-state index in [0.29, 0.717) is 11.1 Å². The molecule has 0 aliphatic carbocycles. The van der Waals surface area contributed by atoms with Gasteiger partial charge in [-0.15, -0.1) is 6.58 Å². The third kappa shape index (κ3) is 2.93. The molecular weight excluding hydrogens is 256 g/mol. The number of nitrogens with one attached hydrogen (secondary N) is 1. The number of nitro groups is 1. The van der Waals surface area contributed by atoms with Crippen LogP contribution in [-0.4, -0.2) is 19.9 Å². The quantitative estimate of drug-likeness (QED) is 0.500. The van der Waals surface area contributed by atoms with Gasteiger partial charge in [0.15, 0.2) is 4.90 Å². The number of sulfonamides is 1. The van der Waals surface area contributed by atoms with Crippen LogP contribution in [-0.2, 0) is 10.0 Å². The van der Waals surface area contributed by atoms with Crippen molar-refractivity contribution in [2.24, 2.45) is 0 Å². The van der Waals surface area contributed by atoms with Crippen LogP contribution in [0.1, 0.15) is 11.1 Å². The van der Waals surface area contributed by atoms with Gasteiger partial charge in [0.25, 0.3) is 5.69 Å². The number of rotatable bonds is 5. The molecule has 0 aliphatic rings. The van der Waals surface area contributed by atoms with Crippen LogP contribution in [0.4, 0.5) is 5.69 Å². The molecule has 0 amide bonds. The highest BCUT2D eigenvalue weighted by Gasteiger charge is 2.26. The van der Waals surface area contributed by atoms with Crippen molar-refractivity contribution in [3.05, 3.63) is 46.0 Å². The van der Waals surface area contributed by atoms with Crippen molar-refractivity contribution in [2.75, 3.05) is 6.54 Å². The van der Waals surface area contributed by atoms with Crippen LogP contribution in [0, 0.1) is 24.0 Å². The van der Waals surface area contributed by atoms with E-state index >= 15 is 0 Å². The third-order valence-electron chi connectivity index (χ3n) is 2.48. The minimum atomic E-state index is -3.90. The highest BCUT2D eigenvalue weighted by molar-refractivity contribution is 7.89. The number of benzene rings is 1. The molecule has 0 fully saturated rings. The molecule has 0 radical (unpaired) electrons. The maximum Gasteiger partial charge on any atom is 0.289 e. The minimum absolute atomic E-state index is 0.0202. The Morgan fingerprint density at radius 2 is 1.94 bits per heavy atom. The average Bonchev–Trinajstić information content (AvgIpc) is 2.29. The Morgan fingerprint density at radius 1 is 1.39 bits per heavy atom. The topological polar surface area (TPSA) is 89.3 Å². The SMILES string of the molecule is C=CCNS(=O)(=O)c1cc(C)c(C)cc1[N+](=O)[O-]. The Bertz CT molecular complexity index is 593. The maximum atomic E-state index is 11.9. The van der Waals surface area contributed by atoms with Crippen LogP contribution >= 0.6 is 0 Å². The van der Waals surface area contributed by atoms with E-state index in [2.05, 4.69) is 11.3 Å². The summed E-state index contributed by atoms with van der Waals surface area (Å²) < 4.78 is 26.0. The van der Waals surface area contributed by atoms with Crippen molar-refractivity contribution < 1.29 is 13.3 Å². The molecule has 98 valence electrons. The zero-order chi connectivity index (χ0) is 13.9. The van der Waals surface area contributed by atoms with Crippen molar-refractivity contribution in [3.63, 3.8) is 0 Å². The Balaban J connectivity index is 3.43. The smallest absolute Gasteiger partial charge is 0.258 e. The van der Waals surface area contributed by atoms with Crippen molar-refractivity contribution in [1.82, 2.24) is 4.72 Å². The summed E-state index contributed by atoms with van der Waals surface area (Å²) in [6.45, 7) is 6.80. The van der Waals surface area contributed by atoms with E-state index in [4.69, 9.17) is 0 Å². The molecule has 0 unspecified atom stereocenters. The number of aryl methyl sites for hydroxylation is 2. The zero-order valence-corrected chi connectivity index (χ0v) is 11.0. The second kappa shape index (κ2) is 5.28. The summed E-state index contributed by atoms with van der Waals surface area (Å²) in [6.07, 6.45) is 1.37. The zero-order valence-electron chi connectivity index (χ0n) is 10.1. The van der Waals surface area contributed by atoms with Gasteiger partial charge in [0.2, 0.25) is 10.0 Å². The van der Waals surface area contributed by atoms with E-state index in [1.54, 1.807) is 13.8 Å². The molecule has 1 rings (SSSR count). The van der Waals surface area contributed by atoms with E-state index in [0.717, 1.165) is 0 Å². The summed E-state index contributed by atoms with van der Waals surface area (Å²) in [5.74, 6) is 0. The fourth-order valence-electron chi connectivity index (χ4n) is 1.38. The molecule has 0 atom stereocenters. The van der Waals surface area contributed by atoms with Gasteiger partial charge in [-0.25, -0.2) is 13.1 Å². The summed E-state index contributed by atoms with van der Waals surface area (Å²) in [6, 6.07) is 2.57. The fourth-order valence-corrected chi connectivity index (χ4v) is 2.61. The molecule has 0 aromatic heterocycles. The van der Waals surface area contributed by atoms with Crippen LogP contribution in [0.3, 0.4) is 0 Å². The number of hydrogen-bond donors (Lipinski definition) is 1. The normalized spacial score (nSPS) is 11.2. The first-order chi connectivity index (χ1) is 8.29. The average molecular weight is 270 g/mol. The maximum absolute atomic E-state index is 11.9. The van der Waals surface area contributed by atoms with Gasteiger partial charge in [-0.3, -0.25) is 10.1 Å². The first-order valence-electron chi connectivity index (χ1n) is 5.16. The lowest BCUT2D eigenvalue weighted by molar-refractivity contribution is -0.387. The van der Waals surface area contributed by atoms with E-state index in [9.17, 15) is 18.5 Å². The second-order valence-corrected chi connectivity index (χ2v) is 5.54. The lowest BCUT2D eigenvalue weighted by atomic mass is 10.1. The van der Waals surface area contributed by atoms with Crippen molar-refractivity contribution in [3.8, 4) is 0 Å². The summed E-state index contributed by atoms with van der Waals surface area (Å²) in [4.78, 5) is 9.88. The molecule has 1 aromatic rings. The third-order valence-corrected chi connectivity index (χ3v) is 3.93. The molecule has 0 bridgehead atoms. The molecule has 1 aromatic carbocycles. The van der Waals surface area contributed by atoms with Gasteiger partial charge in [0, 0.05) is 12.6 Å². The lowest BCUT2D eigenvalue weighted by Crippen LogP contribution is -2.24. The standard InChI is InChI=1S/C11H14N2O4S/c1-4-5-12-18(16,17)11-7-9(3)8(2)6-10(11)13(14)15/h4,6-7,12H,1,5H2,2-3H3. The molecule has 0 aliphatic heterocycles. The molecule has 0 saturated heterocycles. The highest BCUT2D eigenvalue weighted by atomic mass is 32.2. The molecule has 0 heterocycles. The van der Waals surface area contributed by atoms with Gasteiger partial charge in [0.1, 0.15) is 0 Å². The minimum Gasteiger partial charge on any atom is -0.258 e. The first kappa shape index (κ1) is 14.3. The monoisotopic (exact) mass is 270 g/mol. The van der Waals surface area contributed by atoms with Gasteiger partial charge >= 0.3 is 0 Å². The largest absolute Gasteiger partial charge is 0.289 e. The summed E-state index contributed by atoms with van der Waals surface area (Å²) in [7, 11) is -3.90. The van der Waals surface area contributed by atoms with Crippen LogP contribution in [0.15, 0.2) is 29.7 Å². The predicted molar refractivity (Wildman–Crippen MR) is 68.0 cm³/mol. The Labute approximate surface area is 106 Å². The van der Waals surface area contributed by atoms with Crippen LogP contribution in [0.5, 0.6) is 0 Å². The fraction of sp³-hybridized carbons (Fsp3) is 0.273. The van der Waals surface area contributed by atoms with Gasteiger partial charge in [-0.2, -0.15) is 0 Å². The van der Waals surface area contributed by atoms with Crippen molar-refractivity contribution in [1.29, 1.82) is 0 Å². The molecule has 0 spiro atoms. The molecule has 6 nitrogen and oxygen atoms in total. The number of hydrogen-bond acceptors (Lipinski definition) is 4. The van der Waals surface area contributed by atoms with Gasteiger partial charge in [0.05, 0.1) is 4.92 Å².